The summed E-state index contributed by atoms with van der Waals surface area (Å²) in [4.78, 5) is 15.4. The van der Waals surface area contributed by atoms with Crippen LogP contribution in [0.4, 0.5) is 18.9 Å². The third-order valence-corrected chi connectivity index (χ3v) is 10.1. The van der Waals surface area contributed by atoms with Gasteiger partial charge in [0.2, 0.25) is 10.0 Å². The van der Waals surface area contributed by atoms with Crippen LogP contribution in [-0.2, 0) is 22.7 Å². The number of anilines is 1. The largest absolute Gasteiger partial charge is 0.485 e. The first-order valence-corrected chi connectivity index (χ1v) is 16.4. The predicted molar refractivity (Wildman–Crippen MR) is 164 cm³/mol. The molecule has 0 aromatic heterocycles. The highest BCUT2D eigenvalue weighted by Gasteiger charge is 2.45. The fraction of sp³-hybridized carbons (Fsp3) is 0.424. The number of carbonyl (C=O) groups is 1. The van der Waals surface area contributed by atoms with Gasteiger partial charge in [-0.3, -0.25) is 9.69 Å². The molecule has 1 fully saturated rings. The van der Waals surface area contributed by atoms with Crippen LogP contribution in [0, 0.1) is 0 Å². The van der Waals surface area contributed by atoms with Crippen LogP contribution in [0.2, 0.25) is 0 Å². The maximum absolute atomic E-state index is 13.5. The topological polar surface area (TPSA) is 108 Å². The molecule has 242 valence electrons. The van der Waals surface area contributed by atoms with Crippen LogP contribution in [0.3, 0.4) is 0 Å². The summed E-state index contributed by atoms with van der Waals surface area (Å²) in [7, 11) is -2.30. The number of carbonyl (C=O) groups excluding carboxylic acids is 1. The number of aliphatic hydroxyl groups is 1. The van der Waals surface area contributed by atoms with Crippen molar-refractivity contribution in [1.29, 1.82) is 0 Å². The van der Waals surface area contributed by atoms with Crippen molar-refractivity contribution in [2.75, 3.05) is 12.4 Å². The van der Waals surface area contributed by atoms with Gasteiger partial charge in [-0.2, -0.15) is 13.2 Å². The molecule has 2 atom stereocenters. The van der Waals surface area contributed by atoms with E-state index in [0.29, 0.717) is 30.4 Å². The normalized spacial score (nSPS) is 20.4. The number of nitrogens with zero attached hydrogens (tertiary/aromatic N) is 1. The average Bonchev–Trinajstić information content (AvgIpc) is 3.00. The van der Waals surface area contributed by atoms with Gasteiger partial charge in [-0.15, -0.1) is 0 Å². The van der Waals surface area contributed by atoms with E-state index in [1.165, 1.54) is 25.3 Å². The molecule has 1 unspecified atom stereocenters. The number of para-hydroxylation sites is 1. The van der Waals surface area contributed by atoms with Crippen molar-refractivity contribution >= 4 is 21.6 Å². The molecule has 3 aromatic rings. The summed E-state index contributed by atoms with van der Waals surface area (Å²) >= 11 is 0. The molecule has 1 saturated carbocycles. The number of sulfonamides is 1. The Hall–Kier alpha value is -3.45. The van der Waals surface area contributed by atoms with Crippen LogP contribution in [0.1, 0.15) is 79.0 Å². The fourth-order valence-corrected chi connectivity index (χ4v) is 7.24. The van der Waals surface area contributed by atoms with Crippen molar-refractivity contribution in [2.45, 2.75) is 87.4 Å². The van der Waals surface area contributed by atoms with E-state index < -0.39 is 50.3 Å². The van der Waals surface area contributed by atoms with E-state index in [4.69, 9.17) is 4.74 Å². The van der Waals surface area contributed by atoms with Crippen LogP contribution < -0.4 is 14.8 Å². The first-order valence-electron chi connectivity index (χ1n) is 15.0. The van der Waals surface area contributed by atoms with Gasteiger partial charge in [0.05, 0.1) is 16.5 Å². The maximum Gasteiger partial charge on any atom is 0.416 e. The highest BCUT2D eigenvalue weighted by molar-refractivity contribution is 7.89. The highest BCUT2D eigenvalue weighted by Crippen LogP contribution is 2.41. The van der Waals surface area contributed by atoms with Crippen molar-refractivity contribution in [3.05, 3.63) is 89.0 Å². The lowest BCUT2D eigenvalue weighted by atomic mass is 9.86. The zero-order valence-corrected chi connectivity index (χ0v) is 26.2. The molecule has 3 N–H and O–H groups in total. The SMILES string of the molecule is CN(Cc1ccccc1NC(=O)c1ccc2c(c1)C(NS(=O)(=O)c1ccc(C(F)(F)F)cc1)[C@H](O)C(C)(C)O2)C1CCCCC1. The van der Waals surface area contributed by atoms with Crippen LogP contribution >= 0.6 is 0 Å². The predicted octanol–water partition coefficient (Wildman–Crippen LogP) is 6.27. The molecule has 0 saturated heterocycles. The molecular formula is C33H38F3N3O5S. The second-order valence-electron chi connectivity index (χ2n) is 12.3. The minimum Gasteiger partial charge on any atom is -0.485 e. The number of amides is 1. The Kier molecular flexibility index (Phi) is 9.33. The van der Waals surface area contributed by atoms with Crippen molar-refractivity contribution in [1.82, 2.24) is 9.62 Å². The number of benzene rings is 3. The van der Waals surface area contributed by atoms with E-state index >= 15 is 0 Å². The molecule has 1 heterocycles. The molecule has 1 amide bonds. The fourth-order valence-electron chi connectivity index (χ4n) is 6.02. The third kappa shape index (κ3) is 7.35. The monoisotopic (exact) mass is 645 g/mol. The van der Waals surface area contributed by atoms with Gasteiger partial charge >= 0.3 is 6.18 Å². The zero-order chi connectivity index (χ0) is 32.6. The van der Waals surface area contributed by atoms with Gasteiger partial charge in [-0.05, 0) is 87.8 Å². The summed E-state index contributed by atoms with van der Waals surface area (Å²) < 4.78 is 74.1. The minimum atomic E-state index is -4.63. The van der Waals surface area contributed by atoms with E-state index in [-0.39, 0.29) is 16.9 Å². The Morgan fingerprint density at radius 2 is 1.69 bits per heavy atom. The summed E-state index contributed by atoms with van der Waals surface area (Å²) in [5.74, 6) is -0.175. The van der Waals surface area contributed by atoms with E-state index in [1.54, 1.807) is 26.0 Å². The summed E-state index contributed by atoms with van der Waals surface area (Å²) in [5, 5.41) is 14.2. The van der Waals surface area contributed by atoms with Gasteiger partial charge < -0.3 is 15.2 Å². The van der Waals surface area contributed by atoms with Gasteiger partial charge in [0.1, 0.15) is 17.5 Å². The second-order valence-corrected chi connectivity index (χ2v) is 14.1. The molecule has 0 bridgehead atoms. The second kappa shape index (κ2) is 12.7. The van der Waals surface area contributed by atoms with E-state index in [2.05, 4.69) is 22.0 Å². The Balaban J connectivity index is 1.39. The lowest BCUT2D eigenvalue weighted by Crippen LogP contribution is -2.53. The van der Waals surface area contributed by atoms with Crippen molar-refractivity contribution in [3.8, 4) is 5.75 Å². The number of nitrogens with one attached hydrogen (secondary N) is 2. The third-order valence-electron chi connectivity index (χ3n) is 8.67. The number of ether oxygens (including phenoxy) is 1. The smallest absolute Gasteiger partial charge is 0.416 e. The number of hydrogen-bond acceptors (Lipinski definition) is 6. The quantitative estimate of drug-likeness (QED) is 0.267. The summed E-state index contributed by atoms with van der Waals surface area (Å²) in [6, 6.07) is 14.4. The zero-order valence-electron chi connectivity index (χ0n) is 25.4. The van der Waals surface area contributed by atoms with E-state index in [0.717, 1.165) is 30.5 Å². The number of alkyl halides is 3. The van der Waals surface area contributed by atoms with Gasteiger partial charge in [0, 0.05) is 29.4 Å². The molecule has 0 spiro atoms. The van der Waals surface area contributed by atoms with Gasteiger partial charge in [0.15, 0.2) is 0 Å². The van der Waals surface area contributed by atoms with Crippen LogP contribution in [0.25, 0.3) is 0 Å². The number of halogens is 3. The first kappa shape index (κ1) is 32.9. The maximum atomic E-state index is 13.5. The molecule has 2 aliphatic rings. The lowest BCUT2D eigenvalue weighted by molar-refractivity contribution is -0.137. The lowest BCUT2D eigenvalue weighted by Gasteiger charge is -2.42. The summed E-state index contributed by atoms with van der Waals surface area (Å²) in [6.45, 7) is 3.83. The van der Waals surface area contributed by atoms with E-state index in [9.17, 15) is 31.5 Å². The Bertz CT molecular complexity index is 1640. The Labute approximate surface area is 261 Å². The molecule has 45 heavy (non-hydrogen) atoms. The van der Waals surface area contributed by atoms with E-state index in [1.807, 2.05) is 24.3 Å². The molecule has 1 aliphatic heterocycles. The molecular weight excluding hydrogens is 607 g/mol. The number of fused-ring (bicyclic) bond motifs is 1. The highest BCUT2D eigenvalue weighted by atomic mass is 32.2. The Morgan fingerprint density at radius 1 is 1.02 bits per heavy atom. The molecule has 8 nitrogen and oxygen atoms in total. The standard InChI is InChI=1S/C33H38F3N3O5S/c1-32(2)30(40)29(38-45(42,43)25-16-14-23(15-17-25)33(34,35)36)26-19-21(13-18-28(26)44-32)31(41)37-27-12-8-7-9-22(27)20-39(3)24-10-5-4-6-11-24/h7-9,12-19,24,29-30,38,40H,4-6,10-11,20H2,1-3H3,(H,37,41)/t29?,30-/m0/s1. The average molecular weight is 646 g/mol. The number of rotatable bonds is 8. The summed E-state index contributed by atoms with van der Waals surface area (Å²) in [5.41, 5.74) is -0.182. The van der Waals surface area contributed by atoms with Gasteiger partial charge in [0.25, 0.3) is 5.91 Å². The minimum absolute atomic E-state index is 0.207. The first-order chi connectivity index (χ1) is 21.2. The van der Waals surface area contributed by atoms with Crippen LogP contribution in [-0.4, -0.2) is 49.1 Å². The van der Waals surface area contributed by atoms with Gasteiger partial charge in [-0.1, -0.05) is 37.5 Å². The van der Waals surface area contributed by atoms with Crippen LogP contribution in [0.5, 0.6) is 5.75 Å². The van der Waals surface area contributed by atoms with Crippen molar-refractivity contribution in [2.24, 2.45) is 0 Å². The molecule has 0 radical (unpaired) electrons. The molecule has 5 rings (SSSR count). The van der Waals surface area contributed by atoms with Crippen molar-refractivity contribution in [3.63, 3.8) is 0 Å². The number of aliphatic hydroxyl groups excluding tert-OH is 1. The molecule has 12 heteroatoms. The Morgan fingerprint density at radius 3 is 2.36 bits per heavy atom. The molecule has 1 aliphatic carbocycles. The van der Waals surface area contributed by atoms with Crippen LogP contribution in [0.15, 0.2) is 71.6 Å². The van der Waals surface area contributed by atoms with Crippen molar-refractivity contribution < 1.29 is 36.2 Å². The van der Waals surface area contributed by atoms with Gasteiger partial charge in [-0.25, -0.2) is 13.1 Å². The molecule has 3 aromatic carbocycles. The number of hydrogen-bond donors (Lipinski definition) is 3. The summed E-state index contributed by atoms with van der Waals surface area (Å²) in [6.07, 6.45) is -0.0502.